The van der Waals surface area contributed by atoms with Gasteiger partial charge in [-0.1, -0.05) is 30.8 Å². The van der Waals surface area contributed by atoms with Gasteiger partial charge in [0.2, 0.25) is 5.91 Å². The van der Waals surface area contributed by atoms with E-state index < -0.39 is 26.5 Å². The van der Waals surface area contributed by atoms with Crippen LogP contribution >= 0.6 is 0 Å². The van der Waals surface area contributed by atoms with Crippen molar-refractivity contribution in [3.63, 3.8) is 0 Å². The molecule has 4 N–H and O–H groups in total. The van der Waals surface area contributed by atoms with Crippen molar-refractivity contribution in [3.8, 4) is 0 Å². The van der Waals surface area contributed by atoms with Crippen molar-refractivity contribution in [3.05, 3.63) is 0 Å². The van der Waals surface area contributed by atoms with E-state index in [0.717, 1.165) is 25.7 Å². The number of amidine groups is 1. The van der Waals surface area contributed by atoms with E-state index in [-0.39, 0.29) is 11.6 Å². The van der Waals surface area contributed by atoms with Crippen LogP contribution in [0.3, 0.4) is 0 Å². The fraction of sp³-hybridized carbons (Fsp3) is 0.846. The van der Waals surface area contributed by atoms with Gasteiger partial charge in [-0.3, -0.25) is 4.79 Å². The summed E-state index contributed by atoms with van der Waals surface area (Å²) in [6, 6.07) is 0. The normalized spacial score (nSPS) is 28.8. The molecule has 0 bridgehead atoms. The van der Waals surface area contributed by atoms with Crippen LogP contribution < -0.4 is 11.1 Å². The maximum Gasteiger partial charge on any atom is 0.239 e. The number of oxime groups is 1. The number of carbonyl (C=O) groups excluding carboxylic acids is 1. The largest absolute Gasteiger partial charge is 0.409 e. The van der Waals surface area contributed by atoms with E-state index in [1.807, 2.05) is 0 Å². The third kappa shape index (κ3) is 3.30. The minimum Gasteiger partial charge on any atom is -0.409 e. The Morgan fingerprint density at radius 1 is 1.19 bits per heavy atom. The van der Waals surface area contributed by atoms with E-state index in [1.54, 1.807) is 0 Å². The summed E-state index contributed by atoms with van der Waals surface area (Å²) in [6.07, 6.45) is 5.56. The van der Waals surface area contributed by atoms with Gasteiger partial charge in [-0.2, -0.15) is 0 Å². The van der Waals surface area contributed by atoms with Gasteiger partial charge in [-0.15, -0.1) is 0 Å². The monoisotopic (exact) mass is 317 g/mol. The SMILES string of the molecule is NC(=NO)C1(NC(=O)C2CCCCS2(=O)=O)CCCCC1. The van der Waals surface area contributed by atoms with Crippen LogP contribution in [0.25, 0.3) is 0 Å². The van der Waals surface area contributed by atoms with E-state index >= 15 is 0 Å². The Labute approximate surface area is 124 Å². The molecule has 1 aliphatic heterocycles. The summed E-state index contributed by atoms with van der Waals surface area (Å²) in [6.45, 7) is 0. The van der Waals surface area contributed by atoms with Crippen LogP contribution in [-0.4, -0.2) is 41.9 Å². The van der Waals surface area contributed by atoms with Gasteiger partial charge >= 0.3 is 0 Å². The van der Waals surface area contributed by atoms with Crippen molar-refractivity contribution in [1.29, 1.82) is 0 Å². The number of nitrogens with one attached hydrogen (secondary N) is 1. The van der Waals surface area contributed by atoms with Crippen LogP contribution in [0.1, 0.15) is 51.4 Å². The van der Waals surface area contributed by atoms with Crippen molar-refractivity contribution in [1.82, 2.24) is 5.32 Å². The molecule has 0 aromatic carbocycles. The number of carbonyl (C=O) groups is 1. The molecule has 21 heavy (non-hydrogen) atoms. The zero-order valence-corrected chi connectivity index (χ0v) is 12.9. The molecule has 1 atom stereocenters. The van der Waals surface area contributed by atoms with Gasteiger partial charge in [0.1, 0.15) is 10.8 Å². The Hall–Kier alpha value is -1.31. The molecule has 0 spiro atoms. The van der Waals surface area contributed by atoms with Crippen molar-refractivity contribution in [2.24, 2.45) is 10.9 Å². The highest BCUT2D eigenvalue weighted by molar-refractivity contribution is 7.92. The molecule has 8 heteroatoms. The zero-order valence-electron chi connectivity index (χ0n) is 12.0. The van der Waals surface area contributed by atoms with E-state index in [9.17, 15) is 13.2 Å². The standard InChI is InChI=1S/C13H23N3O4S/c14-12(16-18)13(7-3-1-4-8-13)15-11(17)10-6-2-5-9-21(10,19)20/h10,18H,1-9H2,(H2,14,16)(H,15,17). The predicted molar refractivity (Wildman–Crippen MR) is 78.8 cm³/mol. The molecule has 0 aromatic heterocycles. The minimum atomic E-state index is -3.39. The second-order valence-electron chi connectivity index (χ2n) is 5.97. The summed E-state index contributed by atoms with van der Waals surface area (Å²) in [5.74, 6) is -0.492. The number of sulfone groups is 1. The summed E-state index contributed by atoms with van der Waals surface area (Å²) in [5.41, 5.74) is 4.86. The molecule has 0 aromatic rings. The lowest BCUT2D eigenvalue weighted by molar-refractivity contribution is -0.122. The Morgan fingerprint density at radius 3 is 2.43 bits per heavy atom. The van der Waals surface area contributed by atoms with Gasteiger partial charge in [-0.05, 0) is 25.7 Å². The molecular weight excluding hydrogens is 294 g/mol. The van der Waals surface area contributed by atoms with Crippen LogP contribution in [0.4, 0.5) is 0 Å². The van der Waals surface area contributed by atoms with Gasteiger partial charge in [-0.25, -0.2) is 8.42 Å². The van der Waals surface area contributed by atoms with E-state index in [2.05, 4.69) is 10.5 Å². The first-order valence-electron chi connectivity index (χ1n) is 7.43. The molecule has 2 aliphatic rings. The first-order chi connectivity index (χ1) is 9.91. The molecule has 2 fully saturated rings. The third-order valence-corrected chi connectivity index (χ3v) is 6.71. The molecule has 1 amide bonds. The molecule has 1 saturated heterocycles. The fourth-order valence-electron chi connectivity index (χ4n) is 3.26. The van der Waals surface area contributed by atoms with E-state index in [0.29, 0.717) is 25.7 Å². The molecule has 120 valence electrons. The molecule has 1 unspecified atom stereocenters. The van der Waals surface area contributed by atoms with Crippen molar-refractivity contribution >= 4 is 21.6 Å². The summed E-state index contributed by atoms with van der Waals surface area (Å²) in [5, 5.41) is 13.8. The number of rotatable bonds is 3. The van der Waals surface area contributed by atoms with Crippen molar-refractivity contribution < 1.29 is 18.4 Å². The number of hydrogen-bond donors (Lipinski definition) is 3. The maximum absolute atomic E-state index is 12.4. The molecule has 0 radical (unpaired) electrons. The molecule has 1 heterocycles. The Balaban J connectivity index is 2.18. The minimum absolute atomic E-state index is 0.0382. The lowest BCUT2D eigenvalue weighted by Gasteiger charge is -2.38. The predicted octanol–water partition coefficient (Wildman–Crippen LogP) is 0.519. The Bertz CT molecular complexity index is 524. The zero-order chi connectivity index (χ0) is 15.5. The first-order valence-corrected chi connectivity index (χ1v) is 9.14. The highest BCUT2D eigenvalue weighted by Gasteiger charge is 2.42. The lowest BCUT2D eigenvalue weighted by Crippen LogP contribution is -2.61. The van der Waals surface area contributed by atoms with Crippen LogP contribution in [0.5, 0.6) is 0 Å². The summed E-state index contributed by atoms with van der Waals surface area (Å²) in [7, 11) is -3.39. The van der Waals surface area contributed by atoms with Crippen LogP contribution in [0, 0.1) is 0 Å². The topological polar surface area (TPSA) is 122 Å². The lowest BCUT2D eigenvalue weighted by atomic mass is 9.80. The highest BCUT2D eigenvalue weighted by Crippen LogP contribution is 2.29. The Kier molecular flexibility index (Phi) is 4.75. The quantitative estimate of drug-likeness (QED) is 0.303. The van der Waals surface area contributed by atoms with Gasteiger partial charge < -0.3 is 16.3 Å². The number of hydrogen-bond acceptors (Lipinski definition) is 5. The van der Waals surface area contributed by atoms with Crippen LogP contribution in [0.15, 0.2) is 5.16 Å². The third-order valence-electron chi connectivity index (χ3n) is 4.54. The smallest absolute Gasteiger partial charge is 0.239 e. The average molecular weight is 317 g/mol. The number of nitrogens with zero attached hydrogens (tertiary/aromatic N) is 1. The average Bonchev–Trinajstić information content (AvgIpc) is 2.46. The van der Waals surface area contributed by atoms with Crippen LogP contribution in [-0.2, 0) is 14.6 Å². The molecule has 1 saturated carbocycles. The fourth-order valence-corrected chi connectivity index (χ4v) is 5.06. The van der Waals surface area contributed by atoms with E-state index in [4.69, 9.17) is 10.9 Å². The van der Waals surface area contributed by atoms with Crippen molar-refractivity contribution in [2.75, 3.05) is 5.75 Å². The second-order valence-corrected chi connectivity index (χ2v) is 8.27. The number of amides is 1. The van der Waals surface area contributed by atoms with Crippen molar-refractivity contribution in [2.45, 2.75) is 62.2 Å². The van der Waals surface area contributed by atoms with E-state index in [1.165, 1.54) is 0 Å². The van der Waals surface area contributed by atoms with Gasteiger partial charge in [0.25, 0.3) is 0 Å². The molecule has 2 rings (SSSR count). The molecule has 1 aliphatic carbocycles. The van der Waals surface area contributed by atoms with Crippen LogP contribution in [0.2, 0.25) is 0 Å². The molecule has 7 nitrogen and oxygen atoms in total. The summed E-state index contributed by atoms with van der Waals surface area (Å²) < 4.78 is 24.1. The number of nitrogens with two attached hydrogens (primary N) is 1. The van der Waals surface area contributed by atoms with Gasteiger partial charge in [0.05, 0.1) is 5.75 Å². The van der Waals surface area contributed by atoms with Gasteiger partial charge in [0, 0.05) is 0 Å². The Morgan fingerprint density at radius 2 is 1.86 bits per heavy atom. The first kappa shape index (κ1) is 16.1. The maximum atomic E-state index is 12.4. The molecular formula is C13H23N3O4S. The summed E-state index contributed by atoms with van der Waals surface area (Å²) in [4.78, 5) is 12.4. The summed E-state index contributed by atoms with van der Waals surface area (Å²) >= 11 is 0. The van der Waals surface area contributed by atoms with Gasteiger partial charge in [0.15, 0.2) is 15.7 Å². The second kappa shape index (κ2) is 6.21. The highest BCUT2D eigenvalue weighted by atomic mass is 32.2.